The van der Waals surface area contributed by atoms with Crippen molar-refractivity contribution in [3.05, 3.63) is 36.2 Å². The molecule has 18 heavy (non-hydrogen) atoms. The molecule has 1 atom stereocenters. The minimum atomic E-state index is -0.174. The van der Waals surface area contributed by atoms with Crippen LogP contribution in [0.4, 0.5) is 5.95 Å². The predicted molar refractivity (Wildman–Crippen MR) is 64.4 cm³/mol. The molecule has 1 unspecified atom stereocenters. The lowest BCUT2D eigenvalue weighted by molar-refractivity contribution is -0.117. The molecule has 0 saturated heterocycles. The largest absolute Gasteiger partial charge is 0.496 e. The summed E-state index contributed by atoms with van der Waals surface area (Å²) in [5.41, 5.74) is 0.932. The van der Waals surface area contributed by atoms with E-state index in [2.05, 4.69) is 15.4 Å². The minimum absolute atomic E-state index is 0.0635. The fourth-order valence-electron chi connectivity index (χ4n) is 2.19. The summed E-state index contributed by atoms with van der Waals surface area (Å²) in [4.78, 5) is 15.7. The molecule has 0 radical (unpaired) electrons. The van der Waals surface area contributed by atoms with Crippen LogP contribution >= 0.6 is 0 Å². The first-order valence-corrected chi connectivity index (χ1v) is 5.62. The van der Waals surface area contributed by atoms with Crippen LogP contribution in [-0.4, -0.2) is 27.8 Å². The summed E-state index contributed by atoms with van der Waals surface area (Å²) in [6, 6.07) is 7.45. The fourth-order valence-corrected chi connectivity index (χ4v) is 2.19. The van der Waals surface area contributed by atoms with Crippen molar-refractivity contribution in [1.29, 1.82) is 0 Å². The van der Waals surface area contributed by atoms with Gasteiger partial charge in [-0.2, -0.15) is 10.1 Å². The van der Waals surface area contributed by atoms with Gasteiger partial charge >= 0.3 is 0 Å². The first-order chi connectivity index (χ1) is 8.79. The zero-order chi connectivity index (χ0) is 12.5. The second-order valence-corrected chi connectivity index (χ2v) is 4.04. The molecule has 2 aromatic rings. The molecule has 0 saturated carbocycles. The Kier molecular flexibility index (Phi) is 2.47. The van der Waals surface area contributed by atoms with Gasteiger partial charge in [0.05, 0.1) is 19.6 Å². The fraction of sp³-hybridized carbons (Fsp3) is 0.250. The van der Waals surface area contributed by atoms with Gasteiger partial charge in [0.2, 0.25) is 11.9 Å². The van der Waals surface area contributed by atoms with Gasteiger partial charge in [-0.3, -0.25) is 10.1 Å². The maximum Gasteiger partial charge on any atom is 0.229 e. The van der Waals surface area contributed by atoms with E-state index >= 15 is 0 Å². The van der Waals surface area contributed by atoms with Gasteiger partial charge in [-0.15, -0.1) is 0 Å². The van der Waals surface area contributed by atoms with Crippen LogP contribution in [0.15, 0.2) is 30.6 Å². The third-order valence-corrected chi connectivity index (χ3v) is 3.00. The SMILES string of the molecule is COc1ccccc1C1CC(=O)Nc2ncnn21. The number of amides is 1. The van der Waals surface area contributed by atoms with Crippen molar-refractivity contribution in [2.75, 3.05) is 12.4 Å². The highest BCUT2D eigenvalue weighted by Crippen LogP contribution is 2.33. The molecule has 3 rings (SSSR count). The molecule has 1 aliphatic rings. The minimum Gasteiger partial charge on any atom is -0.496 e. The summed E-state index contributed by atoms with van der Waals surface area (Å²) in [6.07, 6.45) is 1.76. The number of aromatic nitrogens is 3. The van der Waals surface area contributed by atoms with Crippen molar-refractivity contribution in [2.45, 2.75) is 12.5 Å². The summed E-state index contributed by atoms with van der Waals surface area (Å²) in [5.74, 6) is 1.16. The smallest absolute Gasteiger partial charge is 0.229 e. The van der Waals surface area contributed by atoms with Gasteiger partial charge in [-0.05, 0) is 6.07 Å². The van der Waals surface area contributed by atoms with E-state index in [9.17, 15) is 4.79 Å². The highest BCUT2D eigenvalue weighted by atomic mass is 16.5. The maximum absolute atomic E-state index is 11.7. The van der Waals surface area contributed by atoms with Crippen LogP contribution in [0.1, 0.15) is 18.0 Å². The third-order valence-electron chi connectivity index (χ3n) is 3.00. The number of rotatable bonds is 2. The summed E-state index contributed by atoms with van der Waals surface area (Å²) in [6.45, 7) is 0. The first kappa shape index (κ1) is 10.8. The predicted octanol–water partition coefficient (Wildman–Crippen LogP) is 1.22. The highest BCUT2D eigenvalue weighted by Gasteiger charge is 2.29. The quantitative estimate of drug-likeness (QED) is 0.862. The summed E-state index contributed by atoms with van der Waals surface area (Å²) < 4.78 is 7.04. The maximum atomic E-state index is 11.7. The van der Waals surface area contributed by atoms with Crippen molar-refractivity contribution >= 4 is 11.9 Å². The summed E-state index contributed by atoms with van der Waals surface area (Å²) >= 11 is 0. The Morgan fingerprint density at radius 2 is 2.28 bits per heavy atom. The molecule has 1 aliphatic heterocycles. The van der Waals surface area contributed by atoms with Gasteiger partial charge in [0, 0.05) is 5.56 Å². The highest BCUT2D eigenvalue weighted by molar-refractivity contribution is 5.91. The number of nitrogens with one attached hydrogen (secondary N) is 1. The number of para-hydroxylation sites is 1. The van der Waals surface area contributed by atoms with Gasteiger partial charge in [0.1, 0.15) is 12.1 Å². The number of anilines is 1. The van der Waals surface area contributed by atoms with E-state index in [1.807, 2.05) is 24.3 Å². The Bertz CT molecular complexity index is 593. The van der Waals surface area contributed by atoms with Gasteiger partial charge in [0.15, 0.2) is 0 Å². The normalized spacial score (nSPS) is 18.1. The zero-order valence-corrected chi connectivity index (χ0v) is 9.83. The van der Waals surface area contributed by atoms with Gasteiger partial charge < -0.3 is 4.74 Å². The molecule has 6 heteroatoms. The van der Waals surface area contributed by atoms with Crippen molar-refractivity contribution in [3.63, 3.8) is 0 Å². The van der Waals surface area contributed by atoms with E-state index in [0.717, 1.165) is 11.3 Å². The van der Waals surface area contributed by atoms with Crippen molar-refractivity contribution in [2.24, 2.45) is 0 Å². The molecule has 1 amide bonds. The summed E-state index contributed by atoms with van der Waals surface area (Å²) in [7, 11) is 1.62. The average Bonchev–Trinajstić information content (AvgIpc) is 2.85. The molecule has 6 nitrogen and oxygen atoms in total. The van der Waals surface area contributed by atoms with Crippen LogP contribution < -0.4 is 10.1 Å². The molecule has 0 fully saturated rings. The lowest BCUT2D eigenvalue weighted by Crippen LogP contribution is -2.29. The lowest BCUT2D eigenvalue weighted by atomic mass is 10.0. The molecule has 1 aromatic heterocycles. The monoisotopic (exact) mass is 244 g/mol. The number of carbonyl (C=O) groups excluding carboxylic acids is 1. The van der Waals surface area contributed by atoms with E-state index in [1.165, 1.54) is 6.33 Å². The molecule has 2 heterocycles. The Balaban J connectivity index is 2.10. The number of ether oxygens (including phenoxy) is 1. The van der Waals surface area contributed by atoms with Crippen molar-refractivity contribution in [3.8, 4) is 5.75 Å². The molecule has 0 aliphatic carbocycles. The number of methoxy groups -OCH3 is 1. The standard InChI is InChI=1S/C12H12N4O2/c1-18-10-5-3-2-4-8(10)9-6-11(17)15-12-13-7-14-16(9)12/h2-5,7,9H,6H2,1H3,(H,13,14,15,17). The third kappa shape index (κ3) is 1.62. The van der Waals surface area contributed by atoms with E-state index < -0.39 is 0 Å². The number of hydrogen-bond donors (Lipinski definition) is 1. The van der Waals surface area contributed by atoms with E-state index in [0.29, 0.717) is 12.4 Å². The summed E-state index contributed by atoms with van der Waals surface area (Å²) in [5, 5.41) is 6.85. The number of hydrogen-bond acceptors (Lipinski definition) is 4. The second-order valence-electron chi connectivity index (χ2n) is 4.04. The molecule has 0 bridgehead atoms. The zero-order valence-electron chi connectivity index (χ0n) is 9.83. The second kappa shape index (κ2) is 4.14. The number of benzene rings is 1. The number of fused-ring (bicyclic) bond motifs is 1. The van der Waals surface area contributed by atoms with Crippen LogP contribution in [-0.2, 0) is 4.79 Å². The number of nitrogens with zero attached hydrogens (tertiary/aromatic N) is 3. The topological polar surface area (TPSA) is 69.0 Å². The molecule has 92 valence electrons. The molecule has 0 spiro atoms. The van der Waals surface area contributed by atoms with E-state index in [4.69, 9.17) is 4.74 Å². The van der Waals surface area contributed by atoms with Crippen LogP contribution in [0, 0.1) is 0 Å². The molecular weight excluding hydrogens is 232 g/mol. The Labute approximate surface area is 104 Å². The van der Waals surface area contributed by atoms with Gasteiger partial charge in [-0.1, -0.05) is 18.2 Å². The van der Waals surface area contributed by atoms with Crippen LogP contribution in [0.25, 0.3) is 0 Å². The van der Waals surface area contributed by atoms with Crippen molar-refractivity contribution in [1.82, 2.24) is 14.8 Å². The lowest BCUT2D eigenvalue weighted by Gasteiger charge is -2.24. The van der Waals surface area contributed by atoms with Crippen LogP contribution in [0.5, 0.6) is 5.75 Å². The molecule has 1 aromatic carbocycles. The average molecular weight is 244 g/mol. The Hall–Kier alpha value is -2.37. The van der Waals surface area contributed by atoms with Gasteiger partial charge in [0.25, 0.3) is 0 Å². The van der Waals surface area contributed by atoms with E-state index in [-0.39, 0.29) is 11.9 Å². The number of carbonyl (C=O) groups is 1. The van der Waals surface area contributed by atoms with Crippen LogP contribution in [0.2, 0.25) is 0 Å². The first-order valence-electron chi connectivity index (χ1n) is 5.62. The van der Waals surface area contributed by atoms with Crippen molar-refractivity contribution < 1.29 is 9.53 Å². The Morgan fingerprint density at radius 3 is 3.11 bits per heavy atom. The van der Waals surface area contributed by atoms with E-state index in [1.54, 1.807) is 11.8 Å². The molecule has 1 N–H and O–H groups in total. The Morgan fingerprint density at radius 1 is 1.44 bits per heavy atom. The van der Waals surface area contributed by atoms with Gasteiger partial charge in [-0.25, -0.2) is 4.68 Å². The van der Waals surface area contributed by atoms with Crippen LogP contribution in [0.3, 0.4) is 0 Å². The molecular formula is C12H12N4O2.